The molecule has 2 rings (SSSR count). The van der Waals surface area contributed by atoms with E-state index >= 15 is 0 Å². The molecule has 0 saturated carbocycles. The number of rotatable bonds is 4. The van der Waals surface area contributed by atoms with Gasteiger partial charge >= 0.3 is 0 Å². The number of hydrogen-bond donors (Lipinski definition) is 1. The lowest BCUT2D eigenvalue weighted by atomic mass is 10.1. The Balaban J connectivity index is 1.97. The van der Waals surface area contributed by atoms with Crippen molar-refractivity contribution in [3.63, 3.8) is 0 Å². The summed E-state index contributed by atoms with van der Waals surface area (Å²) in [7, 11) is 0. The average molecular weight is 343 g/mol. The minimum absolute atomic E-state index is 0.00606. The Morgan fingerprint density at radius 3 is 2.60 bits per heavy atom. The van der Waals surface area contributed by atoms with Gasteiger partial charge in [-0.2, -0.15) is 0 Å². The van der Waals surface area contributed by atoms with Gasteiger partial charge in [0.1, 0.15) is 5.82 Å². The van der Waals surface area contributed by atoms with Crippen molar-refractivity contribution in [1.29, 1.82) is 0 Å². The number of likely N-dealkylation sites (tertiary alicyclic amines) is 1. The van der Waals surface area contributed by atoms with Crippen LogP contribution in [0.1, 0.15) is 38.3 Å². The average Bonchev–Trinajstić information content (AvgIpc) is 2.94. The third kappa shape index (κ3) is 3.58. The zero-order valence-electron chi connectivity index (χ0n) is 11.8. The standard InChI is InChI=1S/C15H20BrFN2O/c1-10(12-5-6-14(17)13(16)9-12)18-11(2)15(20)19-7-3-4-8-19/h5-6,9-11,18H,3-4,7-8H2,1-2H3. The molecule has 0 aromatic heterocycles. The zero-order chi connectivity index (χ0) is 14.7. The van der Waals surface area contributed by atoms with Crippen LogP contribution in [-0.2, 0) is 4.79 Å². The van der Waals surface area contributed by atoms with Crippen molar-refractivity contribution in [2.24, 2.45) is 0 Å². The van der Waals surface area contributed by atoms with Crippen molar-refractivity contribution in [1.82, 2.24) is 10.2 Å². The molecule has 1 aliphatic rings. The van der Waals surface area contributed by atoms with E-state index in [0.29, 0.717) is 4.47 Å². The molecule has 2 unspecified atom stereocenters. The monoisotopic (exact) mass is 342 g/mol. The van der Waals surface area contributed by atoms with Crippen molar-refractivity contribution >= 4 is 21.8 Å². The zero-order valence-corrected chi connectivity index (χ0v) is 13.4. The Bertz CT molecular complexity index is 489. The molecule has 1 aliphatic heterocycles. The van der Waals surface area contributed by atoms with Crippen LogP contribution in [0.2, 0.25) is 0 Å². The quantitative estimate of drug-likeness (QED) is 0.910. The van der Waals surface area contributed by atoms with Gasteiger partial charge in [-0.1, -0.05) is 6.07 Å². The highest BCUT2D eigenvalue weighted by Gasteiger charge is 2.24. The fraction of sp³-hybridized carbons (Fsp3) is 0.533. The van der Waals surface area contributed by atoms with E-state index in [4.69, 9.17) is 0 Å². The van der Waals surface area contributed by atoms with Crippen LogP contribution in [-0.4, -0.2) is 29.9 Å². The predicted octanol–water partition coefficient (Wildman–Crippen LogP) is 3.25. The summed E-state index contributed by atoms with van der Waals surface area (Å²) in [6.07, 6.45) is 2.19. The van der Waals surface area contributed by atoms with Crippen LogP contribution >= 0.6 is 15.9 Å². The first-order valence-electron chi connectivity index (χ1n) is 6.99. The second-order valence-electron chi connectivity index (χ2n) is 5.32. The molecule has 1 amide bonds. The molecule has 1 fully saturated rings. The molecule has 1 aromatic carbocycles. The fourth-order valence-electron chi connectivity index (χ4n) is 2.54. The highest BCUT2D eigenvalue weighted by molar-refractivity contribution is 9.10. The highest BCUT2D eigenvalue weighted by Crippen LogP contribution is 2.21. The van der Waals surface area contributed by atoms with Crippen LogP contribution in [0, 0.1) is 5.82 Å². The van der Waals surface area contributed by atoms with Crippen LogP contribution in [0.3, 0.4) is 0 Å². The summed E-state index contributed by atoms with van der Waals surface area (Å²) in [5.74, 6) is -0.127. The first kappa shape index (κ1) is 15.4. The van der Waals surface area contributed by atoms with Crippen LogP contribution in [0.25, 0.3) is 0 Å². The van der Waals surface area contributed by atoms with Crippen molar-refractivity contribution in [3.8, 4) is 0 Å². The van der Waals surface area contributed by atoms with Gasteiger partial charge in [0, 0.05) is 19.1 Å². The molecule has 2 atom stereocenters. The Kier molecular flexibility index (Phi) is 5.16. The van der Waals surface area contributed by atoms with Crippen molar-refractivity contribution in [3.05, 3.63) is 34.1 Å². The second kappa shape index (κ2) is 6.68. The van der Waals surface area contributed by atoms with E-state index < -0.39 is 0 Å². The number of nitrogens with zero attached hydrogens (tertiary/aromatic N) is 1. The van der Waals surface area contributed by atoms with Crippen molar-refractivity contribution in [2.75, 3.05) is 13.1 Å². The minimum atomic E-state index is -0.276. The van der Waals surface area contributed by atoms with Gasteiger partial charge in [-0.05, 0) is 60.3 Å². The normalized spacial score (nSPS) is 18.1. The van der Waals surface area contributed by atoms with E-state index in [-0.39, 0.29) is 23.8 Å². The molecule has 3 nitrogen and oxygen atoms in total. The van der Waals surface area contributed by atoms with E-state index in [1.54, 1.807) is 12.1 Å². The first-order chi connectivity index (χ1) is 9.49. The third-order valence-electron chi connectivity index (χ3n) is 3.73. The van der Waals surface area contributed by atoms with E-state index in [9.17, 15) is 9.18 Å². The Morgan fingerprint density at radius 2 is 2.00 bits per heavy atom. The molecule has 0 aliphatic carbocycles. The molecular weight excluding hydrogens is 323 g/mol. The van der Waals surface area contributed by atoms with Gasteiger partial charge in [0.2, 0.25) is 5.91 Å². The summed E-state index contributed by atoms with van der Waals surface area (Å²) in [6.45, 7) is 5.59. The molecule has 0 bridgehead atoms. The van der Waals surface area contributed by atoms with Crippen LogP contribution < -0.4 is 5.32 Å². The molecule has 1 heterocycles. The topological polar surface area (TPSA) is 32.3 Å². The minimum Gasteiger partial charge on any atom is -0.341 e. The molecule has 0 spiro atoms. The molecule has 1 saturated heterocycles. The summed E-state index contributed by atoms with van der Waals surface area (Å²) < 4.78 is 13.7. The van der Waals surface area contributed by atoms with Gasteiger partial charge in [-0.25, -0.2) is 4.39 Å². The SMILES string of the molecule is CC(NC(C)c1ccc(F)c(Br)c1)C(=O)N1CCCC1. The van der Waals surface area contributed by atoms with Gasteiger partial charge < -0.3 is 4.90 Å². The van der Waals surface area contributed by atoms with Gasteiger partial charge in [-0.3, -0.25) is 10.1 Å². The van der Waals surface area contributed by atoms with Crippen LogP contribution in [0.4, 0.5) is 4.39 Å². The number of nitrogens with one attached hydrogen (secondary N) is 1. The highest BCUT2D eigenvalue weighted by atomic mass is 79.9. The van der Waals surface area contributed by atoms with Crippen molar-refractivity contribution < 1.29 is 9.18 Å². The number of carbonyl (C=O) groups excluding carboxylic acids is 1. The Hall–Kier alpha value is -0.940. The number of carbonyl (C=O) groups is 1. The maximum absolute atomic E-state index is 13.2. The largest absolute Gasteiger partial charge is 0.341 e. The van der Waals surface area contributed by atoms with Crippen molar-refractivity contribution in [2.45, 2.75) is 38.8 Å². The van der Waals surface area contributed by atoms with Gasteiger partial charge in [0.15, 0.2) is 0 Å². The van der Waals surface area contributed by atoms with E-state index in [1.165, 1.54) is 6.07 Å². The number of halogens is 2. The molecule has 5 heteroatoms. The predicted molar refractivity (Wildman–Crippen MR) is 80.9 cm³/mol. The van der Waals surface area contributed by atoms with Gasteiger partial charge in [0.25, 0.3) is 0 Å². The lowest BCUT2D eigenvalue weighted by molar-refractivity contribution is -0.132. The van der Waals surface area contributed by atoms with Gasteiger partial charge in [0.05, 0.1) is 10.5 Å². The second-order valence-corrected chi connectivity index (χ2v) is 6.17. The lowest BCUT2D eigenvalue weighted by Gasteiger charge is -2.24. The Labute approximate surface area is 127 Å². The molecule has 0 radical (unpaired) electrons. The number of hydrogen-bond acceptors (Lipinski definition) is 2. The number of amides is 1. The van der Waals surface area contributed by atoms with Crippen LogP contribution in [0.5, 0.6) is 0 Å². The van der Waals surface area contributed by atoms with Gasteiger partial charge in [-0.15, -0.1) is 0 Å². The molecular formula is C15H20BrFN2O. The fourth-order valence-corrected chi connectivity index (χ4v) is 2.93. The summed E-state index contributed by atoms with van der Waals surface area (Å²) in [5, 5.41) is 3.28. The third-order valence-corrected chi connectivity index (χ3v) is 4.34. The molecule has 1 N–H and O–H groups in total. The molecule has 110 valence electrons. The Morgan fingerprint density at radius 1 is 1.35 bits per heavy atom. The summed E-state index contributed by atoms with van der Waals surface area (Å²) in [4.78, 5) is 14.1. The maximum atomic E-state index is 13.2. The number of benzene rings is 1. The lowest BCUT2D eigenvalue weighted by Crippen LogP contribution is -2.44. The maximum Gasteiger partial charge on any atom is 0.239 e. The van der Waals surface area contributed by atoms with E-state index in [2.05, 4.69) is 21.2 Å². The summed E-state index contributed by atoms with van der Waals surface area (Å²) >= 11 is 3.19. The summed E-state index contributed by atoms with van der Waals surface area (Å²) in [6, 6.07) is 4.69. The molecule has 20 heavy (non-hydrogen) atoms. The van der Waals surface area contributed by atoms with E-state index in [1.807, 2.05) is 18.7 Å². The van der Waals surface area contributed by atoms with Crippen LogP contribution in [0.15, 0.2) is 22.7 Å². The smallest absolute Gasteiger partial charge is 0.239 e. The molecule has 1 aromatic rings. The first-order valence-corrected chi connectivity index (χ1v) is 7.78. The van der Waals surface area contributed by atoms with E-state index in [0.717, 1.165) is 31.5 Å². The summed E-state index contributed by atoms with van der Waals surface area (Å²) in [5.41, 5.74) is 0.958.